The predicted octanol–water partition coefficient (Wildman–Crippen LogP) is 1.18. The van der Waals surface area contributed by atoms with E-state index in [1.54, 1.807) is 0 Å². The van der Waals surface area contributed by atoms with Gasteiger partial charge < -0.3 is 9.84 Å². The Labute approximate surface area is 62.2 Å². The van der Waals surface area contributed by atoms with Gasteiger partial charge in [0.1, 0.15) is 0 Å². The van der Waals surface area contributed by atoms with Crippen molar-refractivity contribution in [3.05, 3.63) is 0 Å². The molecule has 0 saturated carbocycles. The number of ether oxygens (including phenoxy) is 1. The molecule has 1 aliphatic rings. The Hall–Kier alpha value is -0.0800. The minimum atomic E-state index is 0.325. The molecule has 2 unspecified atom stereocenters. The summed E-state index contributed by atoms with van der Waals surface area (Å²) in [6.07, 6.45) is 3.78. The van der Waals surface area contributed by atoms with Gasteiger partial charge in [-0.05, 0) is 18.8 Å². The Bertz CT molecular complexity index is 89.3. The second-order valence-corrected chi connectivity index (χ2v) is 2.98. The first-order valence-electron chi connectivity index (χ1n) is 4.09. The lowest BCUT2D eigenvalue weighted by Gasteiger charge is -2.10. The summed E-state index contributed by atoms with van der Waals surface area (Å²) in [6.45, 7) is 3.44. The van der Waals surface area contributed by atoms with Crippen molar-refractivity contribution in [3.8, 4) is 0 Å². The van der Waals surface area contributed by atoms with Crippen LogP contribution in [-0.2, 0) is 4.74 Å². The normalized spacial score (nSPS) is 26.4. The van der Waals surface area contributed by atoms with Crippen LogP contribution in [-0.4, -0.2) is 24.4 Å². The van der Waals surface area contributed by atoms with E-state index >= 15 is 0 Å². The molecule has 0 radical (unpaired) electrons. The number of hydrogen-bond donors (Lipinski definition) is 1. The van der Waals surface area contributed by atoms with E-state index in [2.05, 4.69) is 6.92 Å². The maximum absolute atomic E-state index is 8.66. The van der Waals surface area contributed by atoms with Crippen LogP contribution in [0.3, 0.4) is 0 Å². The second kappa shape index (κ2) is 3.94. The van der Waals surface area contributed by atoms with Crippen molar-refractivity contribution < 1.29 is 9.84 Å². The minimum absolute atomic E-state index is 0.325. The molecule has 0 aromatic rings. The number of hydrogen-bond acceptors (Lipinski definition) is 2. The molecule has 1 aliphatic heterocycles. The molecule has 1 fully saturated rings. The fraction of sp³-hybridized carbons (Fsp3) is 1.00. The summed E-state index contributed by atoms with van der Waals surface area (Å²) in [5, 5.41) is 8.66. The number of rotatable bonds is 5. The average Bonchev–Trinajstić information content (AvgIpc) is 2.71. The van der Waals surface area contributed by atoms with E-state index < -0.39 is 0 Å². The summed E-state index contributed by atoms with van der Waals surface area (Å²) >= 11 is 0. The van der Waals surface area contributed by atoms with Crippen molar-refractivity contribution in [1.29, 1.82) is 0 Å². The summed E-state index contributed by atoms with van der Waals surface area (Å²) in [5.41, 5.74) is 0. The van der Waals surface area contributed by atoms with Gasteiger partial charge in [-0.15, -0.1) is 0 Å². The first-order valence-corrected chi connectivity index (χ1v) is 4.09. The van der Waals surface area contributed by atoms with Crippen LogP contribution in [0.25, 0.3) is 0 Å². The molecule has 0 aliphatic carbocycles. The lowest BCUT2D eigenvalue weighted by molar-refractivity contribution is 0.239. The van der Waals surface area contributed by atoms with Crippen LogP contribution >= 0.6 is 0 Å². The molecule has 0 amide bonds. The summed E-state index contributed by atoms with van der Waals surface area (Å²) in [5.74, 6) is 0.678. The molecule has 0 bridgehead atoms. The predicted molar refractivity (Wildman–Crippen MR) is 39.8 cm³/mol. The first kappa shape index (κ1) is 8.02. The van der Waals surface area contributed by atoms with E-state index in [1.807, 2.05) is 0 Å². The van der Waals surface area contributed by atoms with Gasteiger partial charge in [-0.3, -0.25) is 0 Å². The molecule has 1 heterocycles. The maximum Gasteiger partial charge on any atom is 0.0812 e. The van der Waals surface area contributed by atoms with Crippen LogP contribution < -0.4 is 0 Å². The third-order valence-corrected chi connectivity index (χ3v) is 2.11. The second-order valence-electron chi connectivity index (χ2n) is 2.98. The molecule has 60 valence electrons. The van der Waals surface area contributed by atoms with Gasteiger partial charge >= 0.3 is 0 Å². The lowest BCUT2D eigenvalue weighted by Crippen LogP contribution is -2.04. The summed E-state index contributed by atoms with van der Waals surface area (Å²) in [4.78, 5) is 0. The molecule has 10 heavy (non-hydrogen) atoms. The zero-order chi connectivity index (χ0) is 7.40. The fourth-order valence-corrected chi connectivity index (χ4v) is 1.25. The van der Waals surface area contributed by atoms with Gasteiger partial charge in [0.05, 0.1) is 12.7 Å². The highest BCUT2D eigenvalue weighted by Gasteiger charge is 2.25. The van der Waals surface area contributed by atoms with Crippen molar-refractivity contribution in [2.75, 3.05) is 13.2 Å². The van der Waals surface area contributed by atoms with Gasteiger partial charge in [0.2, 0.25) is 0 Å². The van der Waals surface area contributed by atoms with Gasteiger partial charge in [0.15, 0.2) is 0 Å². The molecule has 0 aromatic carbocycles. The van der Waals surface area contributed by atoms with Crippen molar-refractivity contribution in [3.63, 3.8) is 0 Å². The summed E-state index contributed by atoms with van der Waals surface area (Å²) in [6, 6.07) is 0. The van der Waals surface area contributed by atoms with E-state index in [9.17, 15) is 0 Å². The highest BCUT2D eigenvalue weighted by atomic mass is 16.6. The summed E-state index contributed by atoms with van der Waals surface area (Å²) in [7, 11) is 0. The molecule has 1 saturated heterocycles. The third kappa shape index (κ3) is 2.67. The summed E-state index contributed by atoms with van der Waals surface area (Å²) < 4.78 is 5.11. The Morgan fingerprint density at radius 1 is 1.70 bits per heavy atom. The van der Waals surface area contributed by atoms with E-state index in [0.29, 0.717) is 18.6 Å². The Morgan fingerprint density at radius 3 is 2.80 bits per heavy atom. The van der Waals surface area contributed by atoms with Gasteiger partial charge in [0, 0.05) is 6.61 Å². The van der Waals surface area contributed by atoms with Crippen LogP contribution in [0.15, 0.2) is 0 Å². The quantitative estimate of drug-likeness (QED) is 0.588. The first-order chi connectivity index (χ1) is 4.86. The molecular weight excluding hydrogens is 128 g/mol. The van der Waals surface area contributed by atoms with Gasteiger partial charge in [-0.2, -0.15) is 0 Å². The van der Waals surface area contributed by atoms with Crippen LogP contribution in [0, 0.1) is 5.92 Å². The lowest BCUT2D eigenvalue weighted by atomic mass is 9.97. The van der Waals surface area contributed by atoms with E-state index in [4.69, 9.17) is 9.84 Å². The third-order valence-electron chi connectivity index (χ3n) is 2.11. The highest BCUT2D eigenvalue weighted by molar-refractivity contribution is 4.73. The average molecular weight is 144 g/mol. The number of aliphatic hydroxyl groups excluding tert-OH is 1. The Morgan fingerprint density at radius 2 is 2.40 bits per heavy atom. The van der Waals surface area contributed by atoms with Crippen LogP contribution in [0.2, 0.25) is 0 Å². The molecule has 0 spiro atoms. The molecule has 1 N–H and O–H groups in total. The van der Waals surface area contributed by atoms with Gasteiger partial charge in [-0.1, -0.05) is 13.3 Å². The number of aliphatic hydroxyl groups is 1. The monoisotopic (exact) mass is 144 g/mol. The van der Waals surface area contributed by atoms with Crippen LogP contribution in [0.4, 0.5) is 0 Å². The zero-order valence-corrected chi connectivity index (χ0v) is 6.55. The Balaban J connectivity index is 2.05. The smallest absolute Gasteiger partial charge is 0.0812 e. The topological polar surface area (TPSA) is 32.8 Å². The zero-order valence-electron chi connectivity index (χ0n) is 6.55. The fourth-order valence-electron chi connectivity index (χ4n) is 1.25. The number of epoxide rings is 1. The van der Waals surface area contributed by atoms with Crippen molar-refractivity contribution in [2.45, 2.75) is 32.3 Å². The molecule has 2 atom stereocenters. The van der Waals surface area contributed by atoms with E-state index in [0.717, 1.165) is 19.4 Å². The van der Waals surface area contributed by atoms with Gasteiger partial charge in [-0.25, -0.2) is 0 Å². The molecule has 1 rings (SSSR count). The van der Waals surface area contributed by atoms with Crippen molar-refractivity contribution >= 4 is 0 Å². The highest BCUT2D eigenvalue weighted by Crippen LogP contribution is 2.23. The molecule has 0 aromatic heterocycles. The van der Waals surface area contributed by atoms with Crippen molar-refractivity contribution in [2.24, 2.45) is 5.92 Å². The molecule has 2 nitrogen and oxygen atoms in total. The van der Waals surface area contributed by atoms with Crippen molar-refractivity contribution in [1.82, 2.24) is 0 Å². The molecule has 2 heteroatoms. The Kier molecular flexibility index (Phi) is 3.16. The van der Waals surface area contributed by atoms with Gasteiger partial charge in [0.25, 0.3) is 0 Å². The molecular formula is C8H16O2. The minimum Gasteiger partial charge on any atom is -0.396 e. The van der Waals surface area contributed by atoms with E-state index in [-0.39, 0.29) is 0 Å². The van der Waals surface area contributed by atoms with Crippen LogP contribution in [0.5, 0.6) is 0 Å². The van der Waals surface area contributed by atoms with Crippen LogP contribution in [0.1, 0.15) is 26.2 Å². The maximum atomic E-state index is 8.66. The largest absolute Gasteiger partial charge is 0.396 e. The van der Waals surface area contributed by atoms with E-state index in [1.165, 1.54) is 6.42 Å². The SMILES string of the molecule is CCC(CCO)CC1CO1. The standard InChI is InChI=1S/C8H16O2/c1-2-7(3-4-9)5-8-6-10-8/h7-9H,2-6H2,1H3.